The third-order valence-electron chi connectivity index (χ3n) is 4.69. The fourth-order valence-corrected chi connectivity index (χ4v) is 4.24. The summed E-state index contributed by atoms with van der Waals surface area (Å²) in [5.41, 5.74) is 1.87. The Kier molecular flexibility index (Phi) is 5.99. The zero-order chi connectivity index (χ0) is 20.3. The quantitative estimate of drug-likeness (QED) is 0.748. The molecule has 0 aliphatic carbocycles. The number of carbonyl (C=O) groups excluding carboxylic acids is 1. The van der Waals surface area contributed by atoms with Crippen LogP contribution in [0.15, 0.2) is 28.8 Å². The average molecular weight is 407 g/mol. The lowest BCUT2D eigenvalue weighted by atomic mass is 10.1. The SMILES string of the molecule is CCc1cccc(NC(=O)N2CC(N(CCc3noc(C)n3)S(C)(=O)=O)C2)c1. The Labute approximate surface area is 164 Å². The van der Waals surface area contributed by atoms with Crippen LogP contribution in [0.25, 0.3) is 0 Å². The third-order valence-corrected chi connectivity index (χ3v) is 6.03. The van der Waals surface area contributed by atoms with Crippen molar-refractivity contribution >= 4 is 21.7 Å². The summed E-state index contributed by atoms with van der Waals surface area (Å²) in [6.07, 6.45) is 2.42. The van der Waals surface area contributed by atoms with Crippen molar-refractivity contribution in [1.82, 2.24) is 19.3 Å². The van der Waals surface area contributed by atoms with E-state index in [1.165, 1.54) is 10.6 Å². The predicted molar refractivity (Wildman–Crippen MR) is 104 cm³/mol. The number of anilines is 1. The summed E-state index contributed by atoms with van der Waals surface area (Å²) >= 11 is 0. The molecular weight excluding hydrogens is 382 g/mol. The molecule has 1 saturated heterocycles. The van der Waals surface area contributed by atoms with Crippen molar-refractivity contribution in [2.75, 3.05) is 31.2 Å². The minimum absolute atomic E-state index is 0.230. The summed E-state index contributed by atoms with van der Waals surface area (Å²) in [6, 6.07) is 7.19. The van der Waals surface area contributed by atoms with Gasteiger partial charge in [0.25, 0.3) is 0 Å². The lowest BCUT2D eigenvalue weighted by Crippen LogP contribution is -2.63. The van der Waals surface area contributed by atoms with E-state index in [9.17, 15) is 13.2 Å². The van der Waals surface area contributed by atoms with Gasteiger partial charge in [-0.25, -0.2) is 13.2 Å². The van der Waals surface area contributed by atoms with Crippen LogP contribution in [0.4, 0.5) is 10.5 Å². The second-order valence-corrected chi connectivity index (χ2v) is 8.83. The number of aryl methyl sites for hydroxylation is 2. The first-order chi connectivity index (χ1) is 13.3. The molecule has 0 saturated carbocycles. The molecule has 1 aromatic heterocycles. The number of aromatic nitrogens is 2. The molecule has 2 amide bonds. The van der Waals surface area contributed by atoms with Gasteiger partial charge in [0.1, 0.15) is 0 Å². The topological polar surface area (TPSA) is 109 Å². The molecule has 152 valence electrons. The molecule has 0 radical (unpaired) electrons. The summed E-state index contributed by atoms with van der Waals surface area (Å²) in [5.74, 6) is 0.912. The summed E-state index contributed by atoms with van der Waals surface area (Å²) in [6.45, 7) is 4.67. The van der Waals surface area contributed by atoms with E-state index >= 15 is 0 Å². The fraction of sp³-hybridized carbons (Fsp3) is 0.500. The van der Waals surface area contributed by atoms with Crippen molar-refractivity contribution in [1.29, 1.82) is 0 Å². The van der Waals surface area contributed by atoms with Crippen LogP contribution in [0.5, 0.6) is 0 Å². The van der Waals surface area contributed by atoms with Crippen LogP contribution in [-0.2, 0) is 22.9 Å². The maximum Gasteiger partial charge on any atom is 0.321 e. The van der Waals surface area contributed by atoms with E-state index in [2.05, 4.69) is 22.4 Å². The molecule has 1 N–H and O–H groups in total. The normalized spacial score (nSPS) is 14.9. The van der Waals surface area contributed by atoms with E-state index in [-0.39, 0.29) is 18.6 Å². The number of rotatable bonds is 7. The highest BCUT2D eigenvalue weighted by Crippen LogP contribution is 2.20. The standard InChI is InChI=1S/C18H25N5O4S/c1-4-14-6-5-7-15(10-14)20-18(24)22-11-16(12-22)23(28(3,25)26)9-8-17-19-13(2)27-21-17/h5-7,10,16H,4,8-9,11-12H2,1-3H3,(H,20,24). The molecule has 2 aromatic rings. The molecule has 1 aliphatic heterocycles. The molecule has 0 bridgehead atoms. The third kappa shape index (κ3) is 4.87. The van der Waals surface area contributed by atoms with Crippen LogP contribution in [0, 0.1) is 6.92 Å². The number of sulfonamides is 1. The number of urea groups is 1. The smallest absolute Gasteiger partial charge is 0.321 e. The van der Waals surface area contributed by atoms with Gasteiger partial charge in [-0.2, -0.15) is 9.29 Å². The molecule has 0 unspecified atom stereocenters. The summed E-state index contributed by atoms with van der Waals surface area (Å²) in [4.78, 5) is 18.1. The van der Waals surface area contributed by atoms with Gasteiger partial charge in [0.05, 0.1) is 12.3 Å². The molecule has 0 atom stereocenters. The molecule has 2 heterocycles. The Morgan fingerprint density at radius 3 is 2.75 bits per heavy atom. The van der Waals surface area contributed by atoms with Crippen LogP contribution in [0.2, 0.25) is 0 Å². The van der Waals surface area contributed by atoms with Crippen molar-refractivity contribution in [2.24, 2.45) is 0 Å². The first-order valence-corrected chi connectivity index (χ1v) is 11.0. The number of nitrogens with zero attached hydrogens (tertiary/aromatic N) is 4. The van der Waals surface area contributed by atoms with Crippen molar-refractivity contribution in [3.63, 3.8) is 0 Å². The number of amides is 2. The number of hydrogen-bond donors (Lipinski definition) is 1. The predicted octanol–water partition coefficient (Wildman–Crippen LogP) is 1.66. The number of likely N-dealkylation sites (tertiary alicyclic amines) is 1. The van der Waals surface area contributed by atoms with Gasteiger partial charge in [-0.15, -0.1) is 0 Å². The maximum absolute atomic E-state index is 12.4. The summed E-state index contributed by atoms with van der Waals surface area (Å²) in [7, 11) is -3.42. The number of benzene rings is 1. The molecule has 1 aromatic carbocycles. The van der Waals surface area contributed by atoms with Crippen LogP contribution in [0.1, 0.15) is 24.2 Å². The first kappa shape index (κ1) is 20.3. The Balaban J connectivity index is 1.56. The van der Waals surface area contributed by atoms with Gasteiger partial charge in [-0.3, -0.25) is 0 Å². The second-order valence-electron chi connectivity index (χ2n) is 6.90. The van der Waals surface area contributed by atoms with Gasteiger partial charge in [0, 0.05) is 38.7 Å². The lowest BCUT2D eigenvalue weighted by Gasteiger charge is -2.44. The number of hydrogen-bond acceptors (Lipinski definition) is 6. The number of nitrogens with one attached hydrogen (secondary N) is 1. The zero-order valence-electron chi connectivity index (χ0n) is 16.3. The molecule has 1 fully saturated rings. The van der Waals surface area contributed by atoms with Gasteiger partial charge in [0.2, 0.25) is 15.9 Å². The van der Waals surface area contributed by atoms with E-state index in [4.69, 9.17) is 4.52 Å². The highest BCUT2D eigenvalue weighted by Gasteiger charge is 2.38. The molecular formula is C18H25N5O4S. The van der Waals surface area contributed by atoms with Gasteiger partial charge in [-0.1, -0.05) is 24.2 Å². The second kappa shape index (κ2) is 8.27. The van der Waals surface area contributed by atoms with E-state index in [0.717, 1.165) is 17.7 Å². The highest BCUT2D eigenvalue weighted by atomic mass is 32.2. The van der Waals surface area contributed by atoms with Crippen molar-refractivity contribution in [3.05, 3.63) is 41.5 Å². The van der Waals surface area contributed by atoms with Crippen molar-refractivity contribution < 1.29 is 17.7 Å². The zero-order valence-corrected chi connectivity index (χ0v) is 17.1. The van der Waals surface area contributed by atoms with Gasteiger partial charge in [0.15, 0.2) is 5.82 Å². The minimum Gasteiger partial charge on any atom is -0.340 e. The molecule has 1 aliphatic rings. The van der Waals surface area contributed by atoms with Crippen LogP contribution >= 0.6 is 0 Å². The van der Waals surface area contributed by atoms with Gasteiger partial charge in [-0.05, 0) is 24.1 Å². The maximum atomic E-state index is 12.4. The van der Waals surface area contributed by atoms with E-state index in [1.807, 2.05) is 24.3 Å². The summed E-state index contributed by atoms with van der Waals surface area (Å²) < 4.78 is 30.7. The monoisotopic (exact) mass is 407 g/mol. The minimum atomic E-state index is -3.42. The Bertz CT molecular complexity index is 937. The number of carbonyl (C=O) groups is 1. The van der Waals surface area contributed by atoms with Crippen molar-refractivity contribution in [2.45, 2.75) is 32.7 Å². The van der Waals surface area contributed by atoms with Gasteiger partial charge >= 0.3 is 6.03 Å². The molecule has 10 heteroatoms. The van der Waals surface area contributed by atoms with Crippen LogP contribution in [0.3, 0.4) is 0 Å². The van der Waals surface area contributed by atoms with Crippen molar-refractivity contribution in [3.8, 4) is 0 Å². The van der Waals surface area contributed by atoms with E-state index in [0.29, 0.717) is 31.2 Å². The Morgan fingerprint density at radius 1 is 1.39 bits per heavy atom. The largest absolute Gasteiger partial charge is 0.340 e. The van der Waals surface area contributed by atoms with Gasteiger partial charge < -0.3 is 14.7 Å². The molecule has 3 rings (SSSR count). The fourth-order valence-electron chi connectivity index (χ4n) is 3.15. The van der Waals surface area contributed by atoms with E-state index < -0.39 is 10.0 Å². The molecule has 0 spiro atoms. The Morgan fingerprint density at radius 2 is 2.14 bits per heavy atom. The summed E-state index contributed by atoms with van der Waals surface area (Å²) in [5, 5.41) is 6.66. The van der Waals surface area contributed by atoms with Crippen LogP contribution < -0.4 is 5.32 Å². The lowest BCUT2D eigenvalue weighted by molar-refractivity contribution is 0.109. The molecule has 28 heavy (non-hydrogen) atoms. The van der Waals surface area contributed by atoms with Crippen LogP contribution in [-0.4, -0.2) is 65.7 Å². The molecule has 9 nitrogen and oxygen atoms in total. The Hall–Kier alpha value is -2.46. The first-order valence-electron chi connectivity index (χ1n) is 9.17. The average Bonchev–Trinajstić information content (AvgIpc) is 3.00. The highest BCUT2D eigenvalue weighted by molar-refractivity contribution is 7.88. The van der Waals surface area contributed by atoms with E-state index in [1.54, 1.807) is 11.8 Å².